The van der Waals surface area contributed by atoms with Gasteiger partial charge in [-0.15, -0.1) is 0 Å². The van der Waals surface area contributed by atoms with Crippen LogP contribution in [0.5, 0.6) is 0 Å². The molecule has 2 aliphatic heterocycles. The van der Waals surface area contributed by atoms with E-state index in [1.807, 2.05) is 18.2 Å². The lowest BCUT2D eigenvalue weighted by Crippen LogP contribution is -2.54. The van der Waals surface area contributed by atoms with E-state index in [0.29, 0.717) is 6.04 Å². The summed E-state index contributed by atoms with van der Waals surface area (Å²) in [6.45, 7) is 6.93. The SMILES string of the molecule is CC1CN2CCCC2CN1Cc1cc(N)cc(Cl)c1. The second-order valence-electron chi connectivity index (χ2n) is 5.96. The molecule has 2 fully saturated rings. The van der Waals surface area contributed by atoms with Crippen molar-refractivity contribution in [3.63, 3.8) is 0 Å². The van der Waals surface area contributed by atoms with Gasteiger partial charge < -0.3 is 5.73 Å². The Kier molecular flexibility index (Phi) is 3.70. The van der Waals surface area contributed by atoms with Crippen LogP contribution in [-0.2, 0) is 6.54 Å². The van der Waals surface area contributed by atoms with Crippen LogP contribution >= 0.6 is 11.6 Å². The lowest BCUT2D eigenvalue weighted by atomic mass is 10.1. The minimum absolute atomic E-state index is 0.606. The highest BCUT2D eigenvalue weighted by Crippen LogP contribution is 2.26. The molecule has 1 aromatic rings. The number of nitrogens with zero attached hydrogens (tertiary/aromatic N) is 2. The third-order valence-electron chi connectivity index (χ3n) is 4.43. The number of piperazine rings is 1. The summed E-state index contributed by atoms with van der Waals surface area (Å²) in [5.41, 5.74) is 7.86. The Balaban J connectivity index is 1.71. The molecule has 2 unspecified atom stereocenters. The lowest BCUT2D eigenvalue weighted by molar-refractivity contribution is 0.0540. The van der Waals surface area contributed by atoms with Crippen LogP contribution in [0, 0.1) is 0 Å². The van der Waals surface area contributed by atoms with Crippen molar-refractivity contribution in [2.24, 2.45) is 0 Å². The molecule has 0 radical (unpaired) electrons. The molecule has 4 heteroatoms. The number of halogens is 1. The van der Waals surface area contributed by atoms with Crippen LogP contribution in [0.4, 0.5) is 5.69 Å². The zero-order chi connectivity index (χ0) is 13.4. The fraction of sp³-hybridized carbons (Fsp3) is 0.600. The number of fused-ring (bicyclic) bond motifs is 1. The predicted molar refractivity (Wildman–Crippen MR) is 80.3 cm³/mol. The van der Waals surface area contributed by atoms with E-state index in [1.165, 1.54) is 38.0 Å². The Morgan fingerprint density at radius 3 is 2.95 bits per heavy atom. The molecule has 2 atom stereocenters. The van der Waals surface area contributed by atoms with Crippen molar-refractivity contribution in [1.82, 2.24) is 9.80 Å². The Morgan fingerprint density at radius 2 is 2.16 bits per heavy atom. The molecule has 2 heterocycles. The van der Waals surface area contributed by atoms with E-state index in [2.05, 4.69) is 16.7 Å². The molecular weight excluding hydrogens is 258 g/mol. The molecule has 19 heavy (non-hydrogen) atoms. The van der Waals surface area contributed by atoms with Crippen molar-refractivity contribution in [3.8, 4) is 0 Å². The maximum Gasteiger partial charge on any atom is 0.0429 e. The van der Waals surface area contributed by atoms with Gasteiger partial charge in [0.2, 0.25) is 0 Å². The molecule has 2 N–H and O–H groups in total. The predicted octanol–water partition coefficient (Wildman–Crippen LogP) is 2.59. The number of benzene rings is 1. The largest absolute Gasteiger partial charge is 0.399 e. The zero-order valence-corrected chi connectivity index (χ0v) is 12.2. The van der Waals surface area contributed by atoms with E-state index < -0.39 is 0 Å². The molecule has 0 aromatic heterocycles. The maximum absolute atomic E-state index is 6.09. The van der Waals surface area contributed by atoms with Crippen molar-refractivity contribution < 1.29 is 0 Å². The summed E-state index contributed by atoms with van der Waals surface area (Å²) in [6.07, 6.45) is 2.70. The lowest BCUT2D eigenvalue weighted by Gasteiger charge is -2.42. The topological polar surface area (TPSA) is 32.5 Å². The Bertz CT molecular complexity index is 442. The van der Waals surface area contributed by atoms with Crippen LogP contribution in [0.3, 0.4) is 0 Å². The first-order valence-electron chi connectivity index (χ1n) is 7.15. The number of rotatable bonds is 2. The molecule has 104 valence electrons. The minimum Gasteiger partial charge on any atom is -0.399 e. The maximum atomic E-state index is 6.09. The van der Waals surface area contributed by atoms with Crippen LogP contribution in [0.2, 0.25) is 5.02 Å². The molecule has 0 amide bonds. The smallest absolute Gasteiger partial charge is 0.0429 e. The van der Waals surface area contributed by atoms with Gasteiger partial charge in [0.15, 0.2) is 0 Å². The van der Waals surface area contributed by atoms with Crippen LogP contribution in [-0.4, -0.2) is 41.5 Å². The van der Waals surface area contributed by atoms with Crippen molar-refractivity contribution in [1.29, 1.82) is 0 Å². The van der Waals surface area contributed by atoms with E-state index in [4.69, 9.17) is 17.3 Å². The molecule has 0 bridgehead atoms. The molecule has 2 saturated heterocycles. The number of nitrogens with two attached hydrogens (primary N) is 1. The quantitative estimate of drug-likeness (QED) is 0.845. The normalized spacial score (nSPS) is 28.5. The summed E-state index contributed by atoms with van der Waals surface area (Å²) in [5.74, 6) is 0. The highest BCUT2D eigenvalue weighted by molar-refractivity contribution is 6.30. The molecule has 0 aliphatic carbocycles. The van der Waals surface area contributed by atoms with Crippen LogP contribution in [0.15, 0.2) is 18.2 Å². The van der Waals surface area contributed by atoms with Gasteiger partial charge in [-0.25, -0.2) is 0 Å². The summed E-state index contributed by atoms with van der Waals surface area (Å²) >= 11 is 6.09. The molecule has 3 nitrogen and oxygen atoms in total. The summed E-state index contributed by atoms with van der Waals surface area (Å²) in [5, 5.41) is 0.738. The number of hydrogen-bond donors (Lipinski definition) is 1. The van der Waals surface area contributed by atoms with Crippen LogP contribution < -0.4 is 5.73 Å². The van der Waals surface area contributed by atoms with Gasteiger partial charge in [0.1, 0.15) is 0 Å². The van der Waals surface area contributed by atoms with E-state index in [1.54, 1.807) is 0 Å². The van der Waals surface area contributed by atoms with Gasteiger partial charge in [0.25, 0.3) is 0 Å². The minimum atomic E-state index is 0.606. The third kappa shape index (κ3) is 2.88. The zero-order valence-electron chi connectivity index (χ0n) is 11.5. The van der Waals surface area contributed by atoms with Crippen molar-refractivity contribution in [3.05, 3.63) is 28.8 Å². The van der Waals surface area contributed by atoms with Gasteiger partial charge in [0, 0.05) is 42.4 Å². The average molecular weight is 280 g/mol. The van der Waals surface area contributed by atoms with E-state index in [9.17, 15) is 0 Å². The highest BCUT2D eigenvalue weighted by Gasteiger charge is 2.34. The van der Waals surface area contributed by atoms with Gasteiger partial charge in [-0.05, 0) is 50.1 Å². The van der Waals surface area contributed by atoms with Crippen molar-refractivity contribution in [2.45, 2.75) is 38.4 Å². The average Bonchev–Trinajstić information content (AvgIpc) is 2.75. The van der Waals surface area contributed by atoms with Gasteiger partial charge in [-0.1, -0.05) is 11.6 Å². The summed E-state index contributed by atoms with van der Waals surface area (Å²) in [4.78, 5) is 5.21. The summed E-state index contributed by atoms with van der Waals surface area (Å²) in [7, 11) is 0. The number of nitrogen functional groups attached to an aromatic ring is 1. The molecule has 3 rings (SSSR count). The van der Waals surface area contributed by atoms with Gasteiger partial charge >= 0.3 is 0 Å². The van der Waals surface area contributed by atoms with Crippen molar-refractivity contribution >= 4 is 17.3 Å². The van der Waals surface area contributed by atoms with Crippen molar-refractivity contribution in [2.75, 3.05) is 25.4 Å². The Morgan fingerprint density at radius 1 is 1.32 bits per heavy atom. The van der Waals surface area contributed by atoms with Gasteiger partial charge in [-0.3, -0.25) is 9.80 Å². The number of hydrogen-bond acceptors (Lipinski definition) is 3. The number of anilines is 1. The second-order valence-corrected chi connectivity index (χ2v) is 6.40. The van der Waals surface area contributed by atoms with Crippen LogP contribution in [0.25, 0.3) is 0 Å². The van der Waals surface area contributed by atoms with Gasteiger partial charge in [-0.2, -0.15) is 0 Å². The molecule has 1 aromatic carbocycles. The first kappa shape index (κ1) is 13.2. The van der Waals surface area contributed by atoms with E-state index in [-0.39, 0.29) is 0 Å². The summed E-state index contributed by atoms with van der Waals surface area (Å²) < 4.78 is 0. The fourth-order valence-electron chi connectivity index (χ4n) is 3.47. The van der Waals surface area contributed by atoms with Crippen LogP contribution in [0.1, 0.15) is 25.3 Å². The molecule has 0 saturated carbocycles. The molecular formula is C15H22ClN3. The standard InChI is InChI=1S/C15H22ClN3/c1-11-8-18-4-2-3-15(18)10-19(11)9-12-5-13(16)7-14(17)6-12/h5-7,11,15H,2-4,8-10,17H2,1H3. The second kappa shape index (κ2) is 5.31. The Labute approximate surface area is 120 Å². The molecule has 0 spiro atoms. The first-order valence-corrected chi connectivity index (χ1v) is 7.52. The highest BCUT2D eigenvalue weighted by atomic mass is 35.5. The summed E-state index contributed by atoms with van der Waals surface area (Å²) in [6, 6.07) is 7.25. The monoisotopic (exact) mass is 279 g/mol. The molecule has 2 aliphatic rings. The van der Waals surface area contributed by atoms with E-state index >= 15 is 0 Å². The van der Waals surface area contributed by atoms with E-state index in [0.717, 1.165) is 23.3 Å². The third-order valence-corrected chi connectivity index (χ3v) is 4.65. The first-order chi connectivity index (χ1) is 9.11. The van der Waals surface area contributed by atoms with Gasteiger partial charge in [0.05, 0.1) is 0 Å². The fourth-order valence-corrected chi connectivity index (χ4v) is 3.74. The Hall–Kier alpha value is -0.770.